The number of aryl methyl sites for hydroxylation is 1. The topological polar surface area (TPSA) is 43.4 Å². The highest BCUT2D eigenvalue weighted by atomic mass is 32.2. The molecule has 104 valence electrons. The summed E-state index contributed by atoms with van der Waals surface area (Å²) in [5, 5.41) is 0. The first-order valence-electron chi connectivity index (χ1n) is 6.21. The average Bonchev–Trinajstić information content (AvgIpc) is 2.35. The highest BCUT2D eigenvalue weighted by Gasteiger charge is 2.17. The van der Waals surface area contributed by atoms with Crippen molar-refractivity contribution in [3.05, 3.63) is 29.8 Å². The van der Waals surface area contributed by atoms with Crippen LogP contribution in [0.4, 0.5) is 0 Å². The predicted octanol–water partition coefficient (Wildman–Crippen LogP) is 3.14. The van der Waals surface area contributed by atoms with E-state index in [1.54, 1.807) is 24.3 Å². The number of hydrogen-bond donors (Lipinski definition) is 0. The molecule has 19 heavy (non-hydrogen) atoms. The van der Waals surface area contributed by atoms with Crippen molar-refractivity contribution < 1.29 is 12.6 Å². The Morgan fingerprint density at radius 3 is 2.37 bits per heavy atom. The fourth-order valence-corrected chi connectivity index (χ4v) is 2.47. The molecule has 0 atom stereocenters. The number of terminal acetylenes is 1. The Labute approximate surface area is 116 Å². The zero-order valence-corrected chi connectivity index (χ0v) is 12.5. The van der Waals surface area contributed by atoms with Crippen molar-refractivity contribution in [2.75, 3.05) is 6.61 Å². The highest BCUT2D eigenvalue weighted by molar-refractivity contribution is 7.86. The van der Waals surface area contributed by atoms with Gasteiger partial charge in [0.1, 0.15) is 0 Å². The van der Waals surface area contributed by atoms with Gasteiger partial charge in [-0.1, -0.05) is 17.7 Å². The summed E-state index contributed by atoms with van der Waals surface area (Å²) in [6, 6.07) is 6.60. The maximum Gasteiger partial charge on any atom is 0.296 e. The Kier molecular flexibility index (Phi) is 5.16. The highest BCUT2D eigenvalue weighted by Crippen LogP contribution is 2.21. The van der Waals surface area contributed by atoms with Gasteiger partial charge in [-0.05, 0) is 45.7 Å². The molecule has 1 rings (SSSR count). The van der Waals surface area contributed by atoms with E-state index in [-0.39, 0.29) is 16.9 Å². The predicted molar refractivity (Wildman–Crippen MR) is 76.2 cm³/mol. The molecule has 0 aliphatic heterocycles. The minimum atomic E-state index is -3.65. The smallest absolute Gasteiger partial charge is 0.266 e. The van der Waals surface area contributed by atoms with E-state index in [0.29, 0.717) is 6.42 Å². The molecule has 0 amide bonds. The van der Waals surface area contributed by atoms with Crippen LogP contribution in [0.3, 0.4) is 0 Å². The van der Waals surface area contributed by atoms with Crippen molar-refractivity contribution in [3.63, 3.8) is 0 Å². The first kappa shape index (κ1) is 15.7. The van der Waals surface area contributed by atoms with E-state index in [9.17, 15) is 8.42 Å². The van der Waals surface area contributed by atoms with E-state index in [1.807, 2.05) is 20.8 Å². The molecule has 0 aliphatic carbocycles. The van der Waals surface area contributed by atoms with Crippen LogP contribution in [0.1, 0.15) is 32.3 Å². The van der Waals surface area contributed by atoms with Gasteiger partial charge in [0.15, 0.2) is 0 Å². The molecule has 0 heterocycles. The average molecular weight is 280 g/mol. The summed E-state index contributed by atoms with van der Waals surface area (Å²) < 4.78 is 28.7. The monoisotopic (exact) mass is 280 g/mol. The molecule has 4 heteroatoms. The van der Waals surface area contributed by atoms with Crippen LogP contribution < -0.4 is 0 Å². The fraction of sp³-hybridized carbons (Fsp3) is 0.467. The molecule has 0 saturated heterocycles. The van der Waals surface area contributed by atoms with Crippen LogP contribution in [0, 0.1) is 24.7 Å². The van der Waals surface area contributed by atoms with Crippen molar-refractivity contribution in [2.45, 2.75) is 38.5 Å². The molecule has 0 radical (unpaired) electrons. The lowest BCUT2D eigenvalue weighted by Gasteiger charge is -2.16. The molecule has 1 aromatic rings. The first-order chi connectivity index (χ1) is 8.77. The third kappa shape index (κ3) is 5.06. The van der Waals surface area contributed by atoms with Gasteiger partial charge in [-0.25, -0.2) is 0 Å². The molecule has 0 fully saturated rings. The fourth-order valence-electron chi connectivity index (χ4n) is 1.53. The molecule has 0 N–H and O–H groups in total. The summed E-state index contributed by atoms with van der Waals surface area (Å²) in [5.74, 6) is 2.67. The third-order valence-corrected chi connectivity index (χ3v) is 4.21. The second kappa shape index (κ2) is 6.23. The number of benzene rings is 1. The Hall–Kier alpha value is -1.31. The SMILES string of the molecule is C#CC(C)(C)CCCOS(=O)(=O)c1ccc(C)cc1. The van der Waals surface area contributed by atoms with E-state index >= 15 is 0 Å². The molecule has 0 bridgehead atoms. The summed E-state index contributed by atoms with van der Waals surface area (Å²) in [7, 11) is -3.65. The standard InChI is InChI=1S/C15H20O3S/c1-5-15(3,4)11-6-12-18-19(16,17)14-9-7-13(2)8-10-14/h1,7-10H,6,11-12H2,2-4H3. The van der Waals surface area contributed by atoms with Crippen LogP contribution in [0.15, 0.2) is 29.2 Å². The molecular weight excluding hydrogens is 260 g/mol. The lowest BCUT2D eigenvalue weighted by Crippen LogP contribution is -2.12. The van der Waals surface area contributed by atoms with Gasteiger partial charge < -0.3 is 0 Å². The minimum Gasteiger partial charge on any atom is -0.266 e. The van der Waals surface area contributed by atoms with E-state index in [0.717, 1.165) is 12.0 Å². The lowest BCUT2D eigenvalue weighted by atomic mass is 9.89. The Morgan fingerprint density at radius 1 is 1.26 bits per heavy atom. The summed E-state index contributed by atoms with van der Waals surface area (Å²) in [6.45, 7) is 5.95. The van der Waals surface area contributed by atoms with Crippen LogP contribution >= 0.6 is 0 Å². The van der Waals surface area contributed by atoms with Crippen LogP contribution in [0.25, 0.3) is 0 Å². The minimum absolute atomic E-state index is 0.154. The van der Waals surface area contributed by atoms with Gasteiger partial charge in [-0.3, -0.25) is 4.18 Å². The van der Waals surface area contributed by atoms with E-state index < -0.39 is 10.1 Å². The van der Waals surface area contributed by atoms with Crippen LogP contribution in [0.5, 0.6) is 0 Å². The normalized spacial score (nSPS) is 12.1. The number of rotatable bonds is 6. The second-order valence-corrected chi connectivity index (χ2v) is 6.84. The van der Waals surface area contributed by atoms with Crippen LogP contribution in [0.2, 0.25) is 0 Å². The Morgan fingerprint density at radius 2 is 1.84 bits per heavy atom. The van der Waals surface area contributed by atoms with Crippen molar-refractivity contribution >= 4 is 10.1 Å². The Bertz CT molecular complexity index is 548. The maximum absolute atomic E-state index is 11.9. The van der Waals surface area contributed by atoms with Gasteiger partial charge in [-0.2, -0.15) is 8.42 Å². The zero-order chi connectivity index (χ0) is 14.5. The van der Waals surface area contributed by atoms with E-state index in [2.05, 4.69) is 5.92 Å². The van der Waals surface area contributed by atoms with E-state index in [4.69, 9.17) is 10.6 Å². The van der Waals surface area contributed by atoms with E-state index in [1.165, 1.54) is 0 Å². The quantitative estimate of drug-likeness (QED) is 0.457. The Balaban J connectivity index is 2.53. The van der Waals surface area contributed by atoms with Crippen LogP contribution in [-0.4, -0.2) is 15.0 Å². The molecule has 0 aliphatic rings. The van der Waals surface area contributed by atoms with Crippen molar-refractivity contribution in [3.8, 4) is 12.3 Å². The second-order valence-electron chi connectivity index (χ2n) is 5.22. The lowest BCUT2D eigenvalue weighted by molar-refractivity contribution is 0.288. The molecule has 0 unspecified atom stereocenters. The maximum atomic E-state index is 11.9. The largest absolute Gasteiger partial charge is 0.296 e. The van der Waals surface area contributed by atoms with Crippen molar-refractivity contribution in [1.82, 2.24) is 0 Å². The molecule has 3 nitrogen and oxygen atoms in total. The van der Waals surface area contributed by atoms with Crippen molar-refractivity contribution in [2.24, 2.45) is 5.41 Å². The molecule has 0 saturated carbocycles. The molecule has 0 aromatic heterocycles. The van der Waals surface area contributed by atoms with Gasteiger partial charge >= 0.3 is 0 Å². The van der Waals surface area contributed by atoms with Gasteiger partial charge in [0.2, 0.25) is 0 Å². The van der Waals surface area contributed by atoms with Gasteiger partial charge in [0.05, 0.1) is 11.5 Å². The third-order valence-electron chi connectivity index (χ3n) is 2.88. The van der Waals surface area contributed by atoms with Gasteiger partial charge in [-0.15, -0.1) is 12.3 Å². The molecule has 0 spiro atoms. The summed E-state index contributed by atoms with van der Waals surface area (Å²) in [4.78, 5) is 0.189. The molecule has 1 aromatic carbocycles. The summed E-state index contributed by atoms with van der Waals surface area (Å²) >= 11 is 0. The van der Waals surface area contributed by atoms with Gasteiger partial charge in [0, 0.05) is 5.41 Å². The summed E-state index contributed by atoms with van der Waals surface area (Å²) in [5.41, 5.74) is 0.784. The number of hydrogen-bond acceptors (Lipinski definition) is 3. The van der Waals surface area contributed by atoms with Crippen molar-refractivity contribution in [1.29, 1.82) is 0 Å². The van der Waals surface area contributed by atoms with Gasteiger partial charge in [0.25, 0.3) is 10.1 Å². The zero-order valence-electron chi connectivity index (χ0n) is 11.6. The summed E-state index contributed by atoms with van der Waals surface area (Å²) in [6.07, 6.45) is 6.71. The molecular formula is C15H20O3S. The first-order valence-corrected chi connectivity index (χ1v) is 7.61. The van der Waals surface area contributed by atoms with Crippen LogP contribution in [-0.2, 0) is 14.3 Å².